The van der Waals surface area contributed by atoms with Gasteiger partial charge in [0.15, 0.2) is 0 Å². The van der Waals surface area contributed by atoms with Crippen LogP contribution in [0.25, 0.3) is 11.4 Å². The lowest BCUT2D eigenvalue weighted by atomic mass is 9.94. The maximum absolute atomic E-state index is 13.9. The SMILES string of the molecule is C[C@H](NC(=O)OC(C)(C)C)C(=O)N1CCC[C@H](Cc2nc(-c3ccccc3F)no2)C1. The van der Waals surface area contributed by atoms with E-state index in [4.69, 9.17) is 9.26 Å². The van der Waals surface area contributed by atoms with Crippen LogP contribution >= 0.6 is 0 Å². The van der Waals surface area contributed by atoms with Gasteiger partial charge in [-0.25, -0.2) is 9.18 Å². The fourth-order valence-electron chi connectivity index (χ4n) is 3.59. The summed E-state index contributed by atoms with van der Waals surface area (Å²) in [7, 11) is 0. The number of amides is 2. The third-order valence-electron chi connectivity index (χ3n) is 4.98. The van der Waals surface area contributed by atoms with Crippen molar-refractivity contribution in [2.75, 3.05) is 13.1 Å². The number of halogens is 1. The van der Waals surface area contributed by atoms with Crippen molar-refractivity contribution in [3.63, 3.8) is 0 Å². The number of rotatable bonds is 5. The number of nitrogens with zero attached hydrogens (tertiary/aromatic N) is 3. The molecule has 0 unspecified atom stereocenters. The molecule has 1 fully saturated rings. The zero-order valence-corrected chi connectivity index (χ0v) is 18.4. The highest BCUT2D eigenvalue weighted by Crippen LogP contribution is 2.24. The van der Waals surface area contributed by atoms with Crippen LogP contribution in [0.5, 0.6) is 0 Å². The van der Waals surface area contributed by atoms with Crippen LogP contribution in [0.3, 0.4) is 0 Å². The van der Waals surface area contributed by atoms with Gasteiger partial charge in [0, 0.05) is 19.5 Å². The number of nitrogens with one attached hydrogen (secondary N) is 1. The quantitative estimate of drug-likeness (QED) is 0.776. The molecule has 0 saturated carbocycles. The van der Waals surface area contributed by atoms with Crippen molar-refractivity contribution >= 4 is 12.0 Å². The van der Waals surface area contributed by atoms with E-state index in [0.29, 0.717) is 31.0 Å². The van der Waals surface area contributed by atoms with Crippen molar-refractivity contribution in [2.24, 2.45) is 5.92 Å². The second kappa shape index (κ2) is 9.45. The number of ether oxygens (including phenoxy) is 1. The van der Waals surface area contributed by atoms with E-state index in [1.165, 1.54) is 6.07 Å². The molecule has 1 aromatic carbocycles. The minimum Gasteiger partial charge on any atom is -0.444 e. The molecule has 2 atom stereocenters. The molecule has 3 rings (SSSR count). The highest BCUT2D eigenvalue weighted by Gasteiger charge is 2.29. The van der Waals surface area contributed by atoms with Crippen LogP contribution in [0.2, 0.25) is 0 Å². The molecule has 1 saturated heterocycles. The Morgan fingerprint density at radius 3 is 2.81 bits per heavy atom. The first kappa shape index (κ1) is 22.7. The van der Waals surface area contributed by atoms with Crippen LogP contribution in [0.4, 0.5) is 9.18 Å². The summed E-state index contributed by atoms with van der Waals surface area (Å²) in [6.07, 6.45) is 1.63. The third kappa shape index (κ3) is 6.26. The molecule has 1 aromatic heterocycles. The predicted molar refractivity (Wildman–Crippen MR) is 112 cm³/mol. The van der Waals surface area contributed by atoms with E-state index in [0.717, 1.165) is 12.8 Å². The number of hydrogen-bond donors (Lipinski definition) is 1. The Bertz CT molecular complexity index is 924. The summed E-state index contributed by atoms with van der Waals surface area (Å²) in [5.74, 6) is 0.203. The summed E-state index contributed by atoms with van der Waals surface area (Å²) in [5.41, 5.74) is -0.339. The smallest absolute Gasteiger partial charge is 0.408 e. The first-order valence-corrected chi connectivity index (χ1v) is 10.5. The molecule has 2 heterocycles. The van der Waals surface area contributed by atoms with Crippen LogP contribution in [-0.4, -0.2) is 51.8 Å². The summed E-state index contributed by atoms with van der Waals surface area (Å²) in [6.45, 7) is 8.10. The third-order valence-corrected chi connectivity index (χ3v) is 4.98. The van der Waals surface area contributed by atoms with E-state index < -0.39 is 23.6 Å². The maximum Gasteiger partial charge on any atom is 0.408 e. The van der Waals surface area contributed by atoms with E-state index in [2.05, 4.69) is 15.5 Å². The normalized spacial score (nSPS) is 17.8. The van der Waals surface area contributed by atoms with Gasteiger partial charge in [-0.3, -0.25) is 4.79 Å². The van der Waals surface area contributed by atoms with Crippen LogP contribution in [0.1, 0.15) is 46.4 Å². The lowest BCUT2D eigenvalue weighted by molar-refractivity contribution is -0.134. The van der Waals surface area contributed by atoms with Gasteiger partial charge in [0.1, 0.15) is 17.5 Å². The molecule has 0 spiro atoms. The number of aromatic nitrogens is 2. The van der Waals surface area contributed by atoms with E-state index in [-0.39, 0.29) is 17.6 Å². The monoisotopic (exact) mass is 432 g/mol. The maximum atomic E-state index is 13.9. The van der Waals surface area contributed by atoms with Crippen molar-refractivity contribution in [3.05, 3.63) is 36.0 Å². The highest BCUT2D eigenvalue weighted by molar-refractivity contribution is 5.85. The molecule has 1 N–H and O–H groups in total. The number of alkyl carbamates (subject to hydrolysis) is 1. The van der Waals surface area contributed by atoms with Gasteiger partial charge in [-0.15, -0.1) is 0 Å². The number of likely N-dealkylation sites (tertiary alicyclic amines) is 1. The molecule has 8 nitrogen and oxygen atoms in total. The molecule has 2 aromatic rings. The van der Waals surface area contributed by atoms with Gasteiger partial charge >= 0.3 is 6.09 Å². The minimum atomic E-state index is -0.690. The number of piperidine rings is 1. The molecule has 1 aliphatic rings. The lowest BCUT2D eigenvalue weighted by Gasteiger charge is -2.34. The summed E-state index contributed by atoms with van der Waals surface area (Å²) >= 11 is 0. The molecular formula is C22H29FN4O4. The van der Waals surface area contributed by atoms with Crippen molar-refractivity contribution in [1.29, 1.82) is 0 Å². The van der Waals surface area contributed by atoms with Gasteiger partial charge in [0.2, 0.25) is 17.6 Å². The Morgan fingerprint density at radius 2 is 2.10 bits per heavy atom. The zero-order valence-electron chi connectivity index (χ0n) is 18.4. The van der Waals surface area contributed by atoms with Crippen molar-refractivity contribution in [3.8, 4) is 11.4 Å². The largest absolute Gasteiger partial charge is 0.444 e. The van der Waals surface area contributed by atoms with Crippen LogP contribution in [-0.2, 0) is 16.0 Å². The second-order valence-electron chi connectivity index (χ2n) is 8.86. The first-order chi connectivity index (χ1) is 14.6. The average Bonchev–Trinajstić information content (AvgIpc) is 3.14. The second-order valence-corrected chi connectivity index (χ2v) is 8.86. The zero-order chi connectivity index (χ0) is 22.6. The van der Waals surface area contributed by atoms with Crippen molar-refractivity contribution in [2.45, 2.75) is 58.6 Å². The minimum absolute atomic E-state index is 0.139. The van der Waals surface area contributed by atoms with Gasteiger partial charge in [0.25, 0.3) is 0 Å². The standard InChI is InChI=1S/C22H29FN4O4/c1-14(24-21(29)30-22(2,3)4)20(28)27-11-7-8-15(13-27)12-18-25-19(26-31-18)16-9-5-6-10-17(16)23/h5-6,9-10,14-15H,7-8,11-13H2,1-4H3,(H,24,29)/t14-,15+/m0/s1. The molecule has 31 heavy (non-hydrogen) atoms. The van der Waals surface area contributed by atoms with E-state index in [1.807, 2.05) is 0 Å². The Morgan fingerprint density at radius 1 is 1.35 bits per heavy atom. The van der Waals surface area contributed by atoms with Crippen molar-refractivity contribution in [1.82, 2.24) is 20.4 Å². The summed E-state index contributed by atoms with van der Waals surface area (Å²) in [4.78, 5) is 30.8. The van der Waals surface area contributed by atoms with Crippen LogP contribution in [0, 0.1) is 11.7 Å². The molecule has 2 amide bonds. The fourth-order valence-corrected chi connectivity index (χ4v) is 3.59. The summed E-state index contributed by atoms with van der Waals surface area (Å²) in [5, 5.41) is 6.48. The molecular weight excluding hydrogens is 403 g/mol. The summed E-state index contributed by atoms with van der Waals surface area (Å²) < 4.78 is 24.5. The lowest BCUT2D eigenvalue weighted by Crippen LogP contribution is -2.51. The van der Waals surface area contributed by atoms with Crippen LogP contribution < -0.4 is 5.32 Å². The molecule has 0 bridgehead atoms. The van der Waals surface area contributed by atoms with Crippen LogP contribution in [0.15, 0.2) is 28.8 Å². The van der Waals surface area contributed by atoms with Gasteiger partial charge in [-0.05, 0) is 58.6 Å². The molecule has 0 radical (unpaired) electrons. The number of carbonyl (C=O) groups is 2. The first-order valence-electron chi connectivity index (χ1n) is 10.5. The van der Waals surface area contributed by atoms with Gasteiger partial charge in [-0.1, -0.05) is 17.3 Å². The van der Waals surface area contributed by atoms with E-state index in [1.54, 1.807) is 50.8 Å². The highest BCUT2D eigenvalue weighted by atomic mass is 19.1. The van der Waals surface area contributed by atoms with E-state index in [9.17, 15) is 14.0 Å². The fraction of sp³-hybridized carbons (Fsp3) is 0.545. The Balaban J connectivity index is 1.56. The Labute approximate surface area is 181 Å². The molecule has 1 aliphatic heterocycles. The topological polar surface area (TPSA) is 97.6 Å². The Kier molecular flexibility index (Phi) is 6.92. The average molecular weight is 432 g/mol. The van der Waals surface area contributed by atoms with E-state index >= 15 is 0 Å². The van der Waals surface area contributed by atoms with Crippen molar-refractivity contribution < 1.29 is 23.2 Å². The van der Waals surface area contributed by atoms with Gasteiger partial charge < -0.3 is 19.5 Å². The Hall–Kier alpha value is -2.97. The molecule has 168 valence electrons. The molecule has 9 heteroatoms. The van der Waals surface area contributed by atoms with Gasteiger partial charge in [0.05, 0.1) is 5.56 Å². The number of hydrogen-bond acceptors (Lipinski definition) is 6. The van der Waals surface area contributed by atoms with Gasteiger partial charge in [-0.2, -0.15) is 4.98 Å². The predicted octanol–water partition coefficient (Wildman–Crippen LogP) is 3.57. The summed E-state index contributed by atoms with van der Waals surface area (Å²) in [6, 6.07) is 5.58. The molecule has 0 aliphatic carbocycles. The number of benzene rings is 1. The number of carbonyl (C=O) groups excluding carboxylic acids is 2.